The zero-order valence-electron chi connectivity index (χ0n) is 20.1. The third-order valence-electron chi connectivity index (χ3n) is 6.56. The largest absolute Gasteiger partial charge is 0.487 e. The number of rotatable bonds is 10. The number of amides is 1. The standard InChI is InChI=1S/C22H34F2N4O6S/c1-21(23,24)17-34-19-5-3-18(4-6-19)27-11-13-28(14-12-27)35(31,32)22(20(29)25-30)7-9-26(10-8-22)15-16-33-2/h3-6,30H,7-17H2,1-2H3,(H,25,29). The Morgan fingerprint density at radius 1 is 1.11 bits per heavy atom. The molecule has 198 valence electrons. The molecule has 1 aromatic rings. The first-order valence-corrected chi connectivity index (χ1v) is 13.0. The second-order valence-corrected chi connectivity index (χ2v) is 11.3. The molecule has 0 aromatic heterocycles. The lowest BCUT2D eigenvalue weighted by atomic mass is 9.95. The molecule has 2 aliphatic rings. The van der Waals surface area contributed by atoms with Crippen molar-refractivity contribution in [3.63, 3.8) is 0 Å². The highest BCUT2D eigenvalue weighted by Gasteiger charge is 2.55. The first-order valence-electron chi connectivity index (χ1n) is 11.5. The molecule has 2 fully saturated rings. The lowest BCUT2D eigenvalue weighted by molar-refractivity contribution is -0.133. The molecule has 2 saturated heterocycles. The quantitative estimate of drug-likeness (QED) is 0.349. The Bertz CT molecular complexity index is 942. The van der Waals surface area contributed by atoms with Gasteiger partial charge in [-0.3, -0.25) is 10.0 Å². The number of nitrogens with zero attached hydrogens (tertiary/aromatic N) is 3. The van der Waals surface area contributed by atoms with Gasteiger partial charge in [0, 0.05) is 65.5 Å². The van der Waals surface area contributed by atoms with Crippen molar-refractivity contribution >= 4 is 21.6 Å². The van der Waals surface area contributed by atoms with Crippen LogP contribution in [0.2, 0.25) is 0 Å². The van der Waals surface area contributed by atoms with Gasteiger partial charge < -0.3 is 19.3 Å². The zero-order chi connectivity index (χ0) is 25.7. The maximum Gasteiger partial charge on any atom is 0.278 e. The molecule has 1 amide bonds. The molecule has 35 heavy (non-hydrogen) atoms. The van der Waals surface area contributed by atoms with Gasteiger partial charge in [-0.25, -0.2) is 22.7 Å². The monoisotopic (exact) mass is 520 g/mol. The summed E-state index contributed by atoms with van der Waals surface area (Å²) in [5, 5.41) is 9.34. The van der Waals surface area contributed by atoms with E-state index in [2.05, 4.69) is 0 Å². The number of hydrogen-bond acceptors (Lipinski definition) is 8. The molecule has 2 aliphatic heterocycles. The van der Waals surface area contributed by atoms with Crippen molar-refractivity contribution in [2.45, 2.75) is 30.4 Å². The first-order chi connectivity index (χ1) is 16.5. The minimum Gasteiger partial charge on any atom is -0.487 e. The average molecular weight is 521 g/mol. The SMILES string of the molecule is COCCN1CCC(C(=O)NO)(S(=O)(=O)N2CCN(c3ccc(OCC(C)(F)F)cc3)CC2)CC1. The fourth-order valence-corrected chi connectivity index (χ4v) is 6.58. The highest BCUT2D eigenvalue weighted by atomic mass is 32.2. The Labute approximate surface area is 204 Å². The number of carbonyl (C=O) groups is 1. The van der Waals surface area contributed by atoms with E-state index >= 15 is 0 Å². The summed E-state index contributed by atoms with van der Waals surface area (Å²) in [6.07, 6.45) is 0.147. The van der Waals surface area contributed by atoms with Crippen LogP contribution in [-0.2, 0) is 19.6 Å². The number of benzene rings is 1. The number of piperazine rings is 1. The van der Waals surface area contributed by atoms with Crippen LogP contribution >= 0.6 is 0 Å². The Balaban J connectivity index is 1.64. The minimum atomic E-state index is -4.05. The summed E-state index contributed by atoms with van der Waals surface area (Å²) in [6, 6.07) is 6.68. The van der Waals surface area contributed by atoms with Crippen LogP contribution in [0.5, 0.6) is 5.75 Å². The topological polar surface area (TPSA) is 112 Å². The molecule has 1 aromatic carbocycles. The number of ether oxygens (including phenoxy) is 2. The Kier molecular flexibility index (Phi) is 8.91. The molecule has 3 rings (SSSR count). The van der Waals surface area contributed by atoms with Crippen molar-refractivity contribution in [2.75, 3.05) is 71.0 Å². The Hall–Kier alpha value is -2.06. The summed E-state index contributed by atoms with van der Waals surface area (Å²) in [6.45, 7) is 3.15. The van der Waals surface area contributed by atoms with Crippen molar-refractivity contribution in [3.8, 4) is 5.75 Å². The maximum atomic E-state index is 13.6. The molecule has 2 N–H and O–H groups in total. The number of carbonyl (C=O) groups excluding carboxylic acids is 1. The fourth-order valence-electron chi connectivity index (χ4n) is 4.46. The molecule has 0 saturated carbocycles. The molecule has 0 spiro atoms. The van der Waals surface area contributed by atoms with Gasteiger partial charge in [-0.2, -0.15) is 4.31 Å². The minimum absolute atomic E-state index is 0.0733. The molecule has 10 nitrogen and oxygen atoms in total. The van der Waals surface area contributed by atoms with Gasteiger partial charge in [-0.1, -0.05) is 0 Å². The summed E-state index contributed by atoms with van der Waals surface area (Å²) in [5.74, 6) is -3.50. The van der Waals surface area contributed by atoms with Crippen LogP contribution in [0, 0.1) is 0 Å². The fraction of sp³-hybridized carbons (Fsp3) is 0.682. The van der Waals surface area contributed by atoms with Crippen LogP contribution in [0.1, 0.15) is 19.8 Å². The van der Waals surface area contributed by atoms with Crippen molar-refractivity contribution in [3.05, 3.63) is 24.3 Å². The van der Waals surface area contributed by atoms with Crippen LogP contribution < -0.4 is 15.1 Å². The van der Waals surface area contributed by atoms with E-state index in [4.69, 9.17) is 9.47 Å². The summed E-state index contributed by atoms with van der Waals surface area (Å²) in [7, 11) is -2.46. The van der Waals surface area contributed by atoms with Gasteiger partial charge in [0.2, 0.25) is 10.0 Å². The molecule has 0 bridgehead atoms. The molecule has 0 unspecified atom stereocenters. The molecule has 2 heterocycles. The van der Waals surface area contributed by atoms with Gasteiger partial charge in [-0.15, -0.1) is 0 Å². The number of hydrogen-bond donors (Lipinski definition) is 2. The average Bonchev–Trinajstić information content (AvgIpc) is 2.86. The van der Waals surface area contributed by atoms with Crippen LogP contribution in [-0.4, -0.2) is 106 Å². The summed E-state index contributed by atoms with van der Waals surface area (Å²) in [5.41, 5.74) is 2.39. The van der Waals surface area contributed by atoms with Gasteiger partial charge in [0.1, 0.15) is 5.75 Å². The van der Waals surface area contributed by atoms with E-state index in [-0.39, 0.29) is 25.9 Å². The van der Waals surface area contributed by atoms with E-state index in [9.17, 15) is 27.2 Å². The van der Waals surface area contributed by atoms with Gasteiger partial charge >= 0.3 is 0 Å². The number of sulfonamides is 1. The van der Waals surface area contributed by atoms with Crippen LogP contribution in [0.15, 0.2) is 24.3 Å². The number of methoxy groups -OCH3 is 1. The van der Waals surface area contributed by atoms with E-state index in [0.29, 0.717) is 45.1 Å². The number of nitrogens with one attached hydrogen (secondary N) is 1. The van der Waals surface area contributed by atoms with Gasteiger partial charge in [0.15, 0.2) is 11.4 Å². The van der Waals surface area contributed by atoms with Gasteiger partial charge in [-0.05, 0) is 37.1 Å². The van der Waals surface area contributed by atoms with Crippen LogP contribution in [0.4, 0.5) is 14.5 Å². The normalized spacial score (nSPS) is 20.0. The number of hydroxylamine groups is 1. The van der Waals surface area contributed by atoms with E-state index in [1.807, 2.05) is 9.80 Å². The molecule has 0 radical (unpaired) electrons. The van der Waals surface area contributed by atoms with E-state index < -0.39 is 33.2 Å². The van der Waals surface area contributed by atoms with Crippen molar-refractivity contribution in [2.24, 2.45) is 0 Å². The second kappa shape index (κ2) is 11.3. The lowest BCUT2D eigenvalue weighted by Crippen LogP contribution is -2.63. The lowest BCUT2D eigenvalue weighted by Gasteiger charge is -2.44. The van der Waals surface area contributed by atoms with Crippen molar-refractivity contribution in [1.82, 2.24) is 14.7 Å². The van der Waals surface area contributed by atoms with Crippen molar-refractivity contribution < 1.29 is 36.7 Å². The van der Waals surface area contributed by atoms with E-state index in [1.54, 1.807) is 36.9 Å². The summed E-state index contributed by atoms with van der Waals surface area (Å²) in [4.78, 5) is 16.7. The number of anilines is 1. The molecule has 0 aliphatic carbocycles. The number of likely N-dealkylation sites (tertiary alicyclic amines) is 1. The van der Waals surface area contributed by atoms with Gasteiger partial charge in [0.05, 0.1) is 6.61 Å². The number of piperidine rings is 1. The van der Waals surface area contributed by atoms with Crippen molar-refractivity contribution in [1.29, 1.82) is 0 Å². The molecule has 13 heteroatoms. The van der Waals surface area contributed by atoms with E-state index in [1.165, 1.54) is 4.31 Å². The maximum absolute atomic E-state index is 13.6. The third-order valence-corrected chi connectivity index (χ3v) is 9.18. The predicted molar refractivity (Wildman–Crippen MR) is 125 cm³/mol. The third kappa shape index (κ3) is 6.39. The van der Waals surface area contributed by atoms with Crippen LogP contribution in [0.25, 0.3) is 0 Å². The number of alkyl halides is 2. The second-order valence-electron chi connectivity index (χ2n) is 9.01. The highest BCUT2D eigenvalue weighted by Crippen LogP contribution is 2.34. The molecular formula is C22H34F2N4O6S. The Morgan fingerprint density at radius 2 is 1.71 bits per heavy atom. The Morgan fingerprint density at radius 3 is 2.23 bits per heavy atom. The summed E-state index contributed by atoms with van der Waals surface area (Å²) < 4.78 is 63.0. The molecular weight excluding hydrogens is 486 g/mol. The first kappa shape index (κ1) is 27.5. The number of halogens is 2. The smallest absolute Gasteiger partial charge is 0.278 e. The van der Waals surface area contributed by atoms with Gasteiger partial charge in [0.25, 0.3) is 11.8 Å². The van der Waals surface area contributed by atoms with E-state index in [0.717, 1.165) is 12.6 Å². The molecule has 0 atom stereocenters. The predicted octanol–water partition coefficient (Wildman–Crippen LogP) is 1.16. The summed E-state index contributed by atoms with van der Waals surface area (Å²) >= 11 is 0. The zero-order valence-corrected chi connectivity index (χ0v) is 20.9. The van der Waals surface area contributed by atoms with Crippen LogP contribution in [0.3, 0.4) is 0 Å². The highest BCUT2D eigenvalue weighted by molar-refractivity contribution is 7.91.